The van der Waals surface area contributed by atoms with Gasteiger partial charge in [0.15, 0.2) is 0 Å². The predicted molar refractivity (Wildman–Crippen MR) is 89.1 cm³/mol. The van der Waals surface area contributed by atoms with E-state index in [2.05, 4.69) is 15.6 Å². The minimum atomic E-state index is -0.195. The molecule has 23 heavy (non-hydrogen) atoms. The molecule has 116 valence electrons. The van der Waals surface area contributed by atoms with Gasteiger partial charge in [0, 0.05) is 24.5 Å². The predicted octanol–water partition coefficient (Wildman–Crippen LogP) is 2.64. The molecule has 0 spiro atoms. The van der Waals surface area contributed by atoms with Crippen LogP contribution in [-0.4, -0.2) is 22.6 Å². The number of nitrogens with one attached hydrogen (secondary N) is 2. The molecule has 0 atom stereocenters. The highest BCUT2D eigenvalue weighted by atomic mass is 32.2. The van der Waals surface area contributed by atoms with Crippen molar-refractivity contribution < 1.29 is 9.59 Å². The van der Waals surface area contributed by atoms with Crippen LogP contribution in [0.2, 0.25) is 0 Å². The molecule has 0 saturated carbocycles. The van der Waals surface area contributed by atoms with Crippen LogP contribution in [0.25, 0.3) is 0 Å². The number of carbonyl (C=O) groups excluding carboxylic acids is 2. The number of thioether (sulfide) groups is 1. The normalized spacial score (nSPS) is 9.74. The number of hydrogen-bond donors (Lipinski definition) is 2. The fourth-order valence-electron chi connectivity index (χ4n) is 1.77. The minimum Gasteiger partial charge on any atom is -0.326 e. The van der Waals surface area contributed by atoms with Crippen LogP contribution in [0.3, 0.4) is 0 Å². The van der Waals surface area contributed by atoms with Gasteiger partial charge in [0.05, 0.1) is 22.4 Å². The number of pyridine rings is 1. The first kappa shape index (κ1) is 16.5. The Morgan fingerprint density at radius 3 is 2.65 bits per heavy atom. The second kappa shape index (κ2) is 7.96. The van der Waals surface area contributed by atoms with Crippen molar-refractivity contribution in [1.82, 2.24) is 4.98 Å². The average Bonchev–Trinajstić information content (AvgIpc) is 2.53. The average molecular weight is 326 g/mol. The number of anilines is 2. The Kier molecular flexibility index (Phi) is 5.72. The maximum atomic E-state index is 12.0. The molecule has 7 heteroatoms. The monoisotopic (exact) mass is 326 g/mol. The molecule has 0 saturated heterocycles. The van der Waals surface area contributed by atoms with E-state index in [0.29, 0.717) is 22.0 Å². The van der Waals surface area contributed by atoms with Crippen molar-refractivity contribution in [2.75, 3.05) is 16.4 Å². The maximum absolute atomic E-state index is 12.0. The summed E-state index contributed by atoms with van der Waals surface area (Å²) in [5.74, 6) is -0.196. The number of nitrogens with zero attached hydrogens (tertiary/aromatic N) is 2. The molecule has 6 nitrogen and oxygen atoms in total. The Hall–Kier alpha value is -2.85. The summed E-state index contributed by atoms with van der Waals surface area (Å²) in [6, 6.07) is 12.2. The number of benzene rings is 1. The standard InChI is InChI=1S/C16H14N4O2S/c1-11(21)19-13-3-2-4-14(8-13)20-15(22)10-23-16-7-12(9-17)5-6-18-16/h2-8H,10H2,1H3,(H,19,21)(H,20,22). The third-order valence-corrected chi connectivity index (χ3v) is 3.61. The highest BCUT2D eigenvalue weighted by Crippen LogP contribution is 2.18. The van der Waals surface area contributed by atoms with Crippen LogP contribution in [0.4, 0.5) is 11.4 Å². The van der Waals surface area contributed by atoms with E-state index >= 15 is 0 Å². The molecule has 0 bridgehead atoms. The molecule has 2 rings (SSSR count). The van der Waals surface area contributed by atoms with Gasteiger partial charge in [-0.05, 0) is 30.3 Å². The van der Waals surface area contributed by atoms with Crippen LogP contribution in [0.15, 0.2) is 47.6 Å². The summed E-state index contributed by atoms with van der Waals surface area (Å²) < 4.78 is 0. The third-order valence-electron chi connectivity index (χ3n) is 2.68. The smallest absolute Gasteiger partial charge is 0.234 e. The quantitative estimate of drug-likeness (QED) is 0.824. The van der Waals surface area contributed by atoms with Gasteiger partial charge in [0.25, 0.3) is 0 Å². The summed E-state index contributed by atoms with van der Waals surface area (Å²) in [6.07, 6.45) is 1.54. The number of rotatable bonds is 5. The first-order chi connectivity index (χ1) is 11.1. The van der Waals surface area contributed by atoms with Crippen LogP contribution in [-0.2, 0) is 9.59 Å². The minimum absolute atomic E-state index is 0.173. The number of carbonyl (C=O) groups is 2. The van der Waals surface area contributed by atoms with Crippen molar-refractivity contribution in [3.8, 4) is 6.07 Å². The molecule has 1 heterocycles. The lowest BCUT2D eigenvalue weighted by atomic mass is 10.2. The first-order valence-corrected chi connectivity index (χ1v) is 7.72. The number of aromatic nitrogens is 1. The van der Waals surface area contributed by atoms with Crippen LogP contribution < -0.4 is 10.6 Å². The van der Waals surface area contributed by atoms with E-state index in [1.165, 1.54) is 24.9 Å². The molecule has 2 N–H and O–H groups in total. The highest BCUT2D eigenvalue weighted by Gasteiger charge is 2.06. The zero-order chi connectivity index (χ0) is 16.7. The Morgan fingerprint density at radius 1 is 1.22 bits per heavy atom. The highest BCUT2D eigenvalue weighted by molar-refractivity contribution is 7.99. The lowest BCUT2D eigenvalue weighted by Crippen LogP contribution is -2.14. The summed E-state index contributed by atoms with van der Waals surface area (Å²) in [5.41, 5.74) is 1.72. The second-order valence-corrected chi connectivity index (χ2v) is 5.59. The Bertz CT molecular complexity index is 771. The van der Waals surface area contributed by atoms with Gasteiger partial charge >= 0.3 is 0 Å². The van der Waals surface area contributed by atoms with Gasteiger partial charge in [-0.3, -0.25) is 9.59 Å². The molecule has 0 aliphatic heterocycles. The number of nitriles is 1. The summed E-state index contributed by atoms with van der Waals surface area (Å²) in [4.78, 5) is 27.1. The molecule has 2 amide bonds. The van der Waals surface area contributed by atoms with E-state index < -0.39 is 0 Å². The van der Waals surface area contributed by atoms with Crippen molar-refractivity contribution in [1.29, 1.82) is 5.26 Å². The lowest BCUT2D eigenvalue weighted by molar-refractivity contribution is -0.114. The van der Waals surface area contributed by atoms with Crippen LogP contribution in [0.1, 0.15) is 12.5 Å². The van der Waals surface area contributed by atoms with Crippen molar-refractivity contribution in [2.45, 2.75) is 11.9 Å². The lowest BCUT2D eigenvalue weighted by Gasteiger charge is -2.07. The zero-order valence-corrected chi connectivity index (χ0v) is 13.2. The van der Waals surface area contributed by atoms with Crippen molar-refractivity contribution in [3.05, 3.63) is 48.2 Å². The van der Waals surface area contributed by atoms with Gasteiger partial charge in [-0.2, -0.15) is 5.26 Å². The second-order valence-electron chi connectivity index (χ2n) is 4.59. The number of amides is 2. The maximum Gasteiger partial charge on any atom is 0.234 e. The van der Waals surface area contributed by atoms with Crippen LogP contribution >= 0.6 is 11.8 Å². The molecule has 1 aromatic heterocycles. The largest absolute Gasteiger partial charge is 0.326 e. The van der Waals surface area contributed by atoms with Crippen LogP contribution in [0.5, 0.6) is 0 Å². The van der Waals surface area contributed by atoms with Gasteiger partial charge in [-0.1, -0.05) is 17.8 Å². The topological polar surface area (TPSA) is 94.9 Å². The molecule has 0 unspecified atom stereocenters. The van der Waals surface area contributed by atoms with Gasteiger partial charge in [-0.25, -0.2) is 4.98 Å². The van der Waals surface area contributed by atoms with Gasteiger partial charge in [0.1, 0.15) is 0 Å². The van der Waals surface area contributed by atoms with Crippen molar-refractivity contribution in [2.24, 2.45) is 0 Å². The molecule has 1 aromatic carbocycles. The Morgan fingerprint density at radius 2 is 1.96 bits per heavy atom. The van der Waals surface area contributed by atoms with Gasteiger partial charge < -0.3 is 10.6 Å². The summed E-state index contributed by atoms with van der Waals surface area (Å²) in [5, 5.41) is 14.8. The van der Waals surface area contributed by atoms with E-state index in [9.17, 15) is 9.59 Å². The molecule has 0 radical (unpaired) electrons. The van der Waals surface area contributed by atoms with E-state index in [-0.39, 0.29) is 17.6 Å². The summed E-state index contributed by atoms with van der Waals surface area (Å²) >= 11 is 1.25. The van der Waals surface area contributed by atoms with Crippen molar-refractivity contribution >= 4 is 35.0 Å². The van der Waals surface area contributed by atoms with Crippen LogP contribution in [0, 0.1) is 11.3 Å². The van der Waals surface area contributed by atoms with E-state index in [4.69, 9.17) is 5.26 Å². The zero-order valence-electron chi connectivity index (χ0n) is 12.4. The van der Waals surface area contributed by atoms with E-state index in [0.717, 1.165) is 0 Å². The molecular weight excluding hydrogens is 312 g/mol. The third kappa shape index (κ3) is 5.45. The molecular formula is C16H14N4O2S. The Balaban J connectivity index is 1.92. The summed E-state index contributed by atoms with van der Waals surface area (Å²) in [6.45, 7) is 1.42. The van der Waals surface area contributed by atoms with E-state index in [1.54, 1.807) is 36.4 Å². The van der Waals surface area contributed by atoms with E-state index in [1.807, 2.05) is 6.07 Å². The molecule has 0 fully saturated rings. The number of hydrogen-bond acceptors (Lipinski definition) is 5. The summed E-state index contributed by atoms with van der Waals surface area (Å²) in [7, 11) is 0. The fourth-order valence-corrected chi connectivity index (χ4v) is 2.47. The SMILES string of the molecule is CC(=O)Nc1cccc(NC(=O)CSc2cc(C#N)ccn2)c1. The Labute approximate surface area is 137 Å². The first-order valence-electron chi connectivity index (χ1n) is 6.73. The fraction of sp³-hybridized carbons (Fsp3) is 0.125. The molecule has 2 aromatic rings. The molecule has 0 aliphatic carbocycles. The molecule has 0 aliphatic rings. The van der Waals surface area contributed by atoms with Gasteiger partial charge in [-0.15, -0.1) is 0 Å². The van der Waals surface area contributed by atoms with Gasteiger partial charge in [0.2, 0.25) is 11.8 Å². The van der Waals surface area contributed by atoms with Crippen molar-refractivity contribution in [3.63, 3.8) is 0 Å².